The number of carbonyl (C=O) groups is 2. The van der Waals surface area contributed by atoms with Gasteiger partial charge in [-0.1, -0.05) is 18.2 Å². The van der Waals surface area contributed by atoms with Gasteiger partial charge in [-0.05, 0) is 6.07 Å². The van der Waals surface area contributed by atoms with E-state index in [1.165, 1.54) is 11.3 Å². The van der Waals surface area contributed by atoms with Crippen LogP contribution >= 0.6 is 11.3 Å². The molecule has 0 aliphatic rings. The lowest BCUT2D eigenvalue weighted by molar-refractivity contribution is -0.117. The number of nitrogen functional groups attached to an aromatic ring is 1. The first-order valence-electron chi connectivity index (χ1n) is 5.43. The molecule has 1 aromatic heterocycles. The summed E-state index contributed by atoms with van der Waals surface area (Å²) in [6.45, 7) is 0.224. The third kappa shape index (κ3) is 2.43. The van der Waals surface area contributed by atoms with Gasteiger partial charge in [0.25, 0.3) is 5.91 Å². The van der Waals surface area contributed by atoms with Crippen molar-refractivity contribution in [1.82, 2.24) is 5.32 Å². The molecular formula is C12H13N3O2S. The van der Waals surface area contributed by atoms with Crippen molar-refractivity contribution in [3.05, 3.63) is 29.1 Å². The first-order chi connectivity index (χ1) is 8.59. The molecule has 0 aliphatic heterocycles. The average Bonchev–Trinajstić information content (AvgIpc) is 2.67. The van der Waals surface area contributed by atoms with E-state index in [2.05, 4.69) is 5.32 Å². The Balaban J connectivity index is 2.17. The number of amides is 2. The summed E-state index contributed by atoms with van der Waals surface area (Å²) in [6, 6.07) is 7.56. The molecule has 0 spiro atoms. The molecule has 2 aromatic rings. The number of carbonyl (C=O) groups excluding carboxylic acids is 2. The van der Waals surface area contributed by atoms with Crippen molar-refractivity contribution in [3.8, 4) is 0 Å². The van der Waals surface area contributed by atoms with E-state index in [-0.39, 0.29) is 18.9 Å². The van der Waals surface area contributed by atoms with E-state index in [9.17, 15) is 9.59 Å². The molecule has 5 nitrogen and oxygen atoms in total. The number of anilines is 1. The summed E-state index contributed by atoms with van der Waals surface area (Å²) in [5.41, 5.74) is 11.4. The highest BCUT2D eigenvalue weighted by atomic mass is 32.1. The van der Waals surface area contributed by atoms with Crippen LogP contribution in [0.2, 0.25) is 0 Å². The van der Waals surface area contributed by atoms with Gasteiger partial charge in [-0.25, -0.2) is 0 Å². The zero-order chi connectivity index (χ0) is 13.1. The maximum Gasteiger partial charge on any atom is 0.263 e. The van der Waals surface area contributed by atoms with Crippen molar-refractivity contribution < 1.29 is 9.59 Å². The van der Waals surface area contributed by atoms with Crippen LogP contribution in [0.4, 0.5) is 5.69 Å². The number of benzene rings is 1. The van der Waals surface area contributed by atoms with Crippen molar-refractivity contribution in [1.29, 1.82) is 0 Å². The number of nitrogens with two attached hydrogens (primary N) is 2. The maximum atomic E-state index is 11.9. The molecular weight excluding hydrogens is 250 g/mol. The van der Waals surface area contributed by atoms with Crippen LogP contribution in [-0.4, -0.2) is 18.4 Å². The van der Waals surface area contributed by atoms with Crippen LogP contribution in [-0.2, 0) is 4.79 Å². The van der Waals surface area contributed by atoms with E-state index in [0.717, 1.165) is 10.1 Å². The number of hydrogen-bond acceptors (Lipinski definition) is 4. The molecule has 1 aromatic carbocycles. The Morgan fingerprint density at radius 1 is 1.28 bits per heavy atom. The molecule has 2 amide bonds. The van der Waals surface area contributed by atoms with Crippen molar-refractivity contribution in [2.75, 3.05) is 12.3 Å². The molecule has 6 heteroatoms. The minimum atomic E-state index is -0.445. The number of fused-ring (bicyclic) bond motifs is 1. The molecule has 18 heavy (non-hydrogen) atoms. The van der Waals surface area contributed by atoms with E-state index in [1.807, 2.05) is 24.3 Å². The molecule has 94 valence electrons. The second-order valence-corrected chi connectivity index (χ2v) is 4.87. The Morgan fingerprint density at radius 2 is 2.00 bits per heavy atom. The van der Waals surface area contributed by atoms with Gasteiger partial charge in [0.2, 0.25) is 5.91 Å². The fourth-order valence-electron chi connectivity index (χ4n) is 1.61. The van der Waals surface area contributed by atoms with E-state index in [0.29, 0.717) is 10.6 Å². The first kappa shape index (κ1) is 12.4. The van der Waals surface area contributed by atoms with Crippen LogP contribution in [0.5, 0.6) is 0 Å². The number of thiophene rings is 1. The van der Waals surface area contributed by atoms with E-state index in [4.69, 9.17) is 11.5 Å². The van der Waals surface area contributed by atoms with E-state index in [1.54, 1.807) is 0 Å². The van der Waals surface area contributed by atoms with Gasteiger partial charge >= 0.3 is 0 Å². The zero-order valence-electron chi connectivity index (χ0n) is 9.60. The lowest BCUT2D eigenvalue weighted by Crippen LogP contribution is -2.27. The zero-order valence-corrected chi connectivity index (χ0v) is 10.4. The third-order valence-electron chi connectivity index (χ3n) is 2.50. The summed E-state index contributed by atoms with van der Waals surface area (Å²) in [7, 11) is 0. The van der Waals surface area contributed by atoms with Gasteiger partial charge in [-0.15, -0.1) is 11.3 Å². The van der Waals surface area contributed by atoms with Gasteiger partial charge in [0.1, 0.15) is 4.88 Å². The minimum absolute atomic E-state index is 0.122. The topological polar surface area (TPSA) is 98.2 Å². The SMILES string of the molecule is NC(=O)CCNC(=O)c1sc2ccccc2c1N. The maximum absolute atomic E-state index is 11.9. The van der Waals surface area contributed by atoms with E-state index >= 15 is 0 Å². The molecule has 0 aliphatic carbocycles. The normalized spacial score (nSPS) is 10.4. The Bertz CT molecular complexity index is 606. The Morgan fingerprint density at radius 3 is 2.67 bits per heavy atom. The largest absolute Gasteiger partial charge is 0.397 e. The van der Waals surface area contributed by atoms with Crippen molar-refractivity contribution in [2.24, 2.45) is 5.73 Å². The average molecular weight is 263 g/mol. The number of hydrogen-bond donors (Lipinski definition) is 3. The van der Waals surface area contributed by atoms with Crippen LogP contribution in [0, 0.1) is 0 Å². The van der Waals surface area contributed by atoms with Crippen LogP contribution < -0.4 is 16.8 Å². The summed E-state index contributed by atoms with van der Waals surface area (Å²) in [4.78, 5) is 22.9. The molecule has 2 rings (SSSR count). The Hall–Kier alpha value is -2.08. The van der Waals surface area contributed by atoms with Crippen LogP contribution in [0.1, 0.15) is 16.1 Å². The van der Waals surface area contributed by atoms with Gasteiger partial charge in [0.15, 0.2) is 0 Å². The van der Waals surface area contributed by atoms with Gasteiger partial charge < -0.3 is 16.8 Å². The highest BCUT2D eigenvalue weighted by Crippen LogP contribution is 2.33. The van der Waals surface area contributed by atoms with Crippen molar-refractivity contribution in [2.45, 2.75) is 6.42 Å². The van der Waals surface area contributed by atoms with Crippen LogP contribution in [0.25, 0.3) is 10.1 Å². The van der Waals surface area contributed by atoms with Gasteiger partial charge in [-0.2, -0.15) is 0 Å². The van der Waals surface area contributed by atoms with Crippen LogP contribution in [0.3, 0.4) is 0 Å². The van der Waals surface area contributed by atoms with E-state index < -0.39 is 5.91 Å². The molecule has 0 unspecified atom stereocenters. The highest BCUT2D eigenvalue weighted by Gasteiger charge is 2.15. The highest BCUT2D eigenvalue weighted by molar-refractivity contribution is 7.21. The summed E-state index contributed by atoms with van der Waals surface area (Å²) in [6.07, 6.45) is 0.122. The molecule has 5 N–H and O–H groups in total. The predicted octanol–water partition coefficient (Wildman–Crippen LogP) is 1.09. The Labute approximate surface area is 108 Å². The molecule has 0 saturated heterocycles. The fourth-order valence-corrected chi connectivity index (χ4v) is 2.65. The summed E-state index contributed by atoms with van der Waals surface area (Å²) >= 11 is 1.34. The molecule has 1 heterocycles. The second kappa shape index (κ2) is 5.05. The standard InChI is InChI=1S/C12H13N3O2S/c13-9(16)5-6-15-12(17)11-10(14)7-3-1-2-4-8(7)18-11/h1-4H,5-6,14H2,(H2,13,16)(H,15,17). The molecule has 0 fully saturated rings. The number of primary amides is 1. The third-order valence-corrected chi connectivity index (χ3v) is 3.68. The summed E-state index contributed by atoms with van der Waals surface area (Å²) < 4.78 is 0.968. The summed E-state index contributed by atoms with van der Waals surface area (Å²) in [5, 5.41) is 3.50. The lowest BCUT2D eigenvalue weighted by Gasteiger charge is -2.02. The number of rotatable bonds is 4. The lowest BCUT2D eigenvalue weighted by atomic mass is 10.2. The second-order valence-electron chi connectivity index (χ2n) is 3.81. The Kier molecular flexibility index (Phi) is 3.47. The van der Waals surface area contributed by atoms with Gasteiger partial charge in [0, 0.05) is 23.1 Å². The van der Waals surface area contributed by atoms with Crippen LogP contribution in [0.15, 0.2) is 24.3 Å². The van der Waals surface area contributed by atoms with Crippen molar-refractivity contribution >= 4 is 38.9 Å². The minimum Gasteiger partial charge on any atom is -0.397 e. The predicted molar refractivity (Wildman–Crippen MR) is 72.4 cm³/mol. The molecule has 0 saturated carbocycles. The molecule has 0 atom stereocenters. The van der Waals surface area contributed by atoms with Crippen molar-refractivity contribution in [3.63, 3.8) is 0 Å². The van der Waals surface area contributed by atoms with Gasteiger partial charge in [-0.3, -0.25) is 9.59 Å². The summed E-state index contributed by atoms with van der Waals surface area (Å²) in [5.74, 6) is -0.713. The first-order valence-corrected chi connectivity index (χ1v) is 6.24. The quantitative estimate of drug-likeness (QED) is 0.770. The monoisotopic (exact) mass is 263 g/mol. The molecule has 0 bridgehead atoms. The fraction of sp³-hybridized carbons (Fsp3) is 0.167. The molecule has 0 radical (unpaired) electrons. The van der Waals surface area contributed by atoms with Gasteiger partial charge in [0.05, 0.1) is 5.69 Å². The number of nitrogens with one attached hydrogen (secondary N) is 1. The smallest absolute Gasteiger partial charge is 0.263 e.